The number of sulfonamides is 1. The van der Waals surface area contributed by atoms with E-state index in [1.54, 1.807) is 18.2 Å². The Morgan fingerprint density at radius 3 is 2.62 bits per heavy atom. The highest BCUT2D eigenvalue weighted by Crippen LogP contribution is 2.20. The molecule has 0 bridgehead atoms. The van der Waals surface area contributed by atoms with Crippen molar-refractivity contribution in [3.05, 3.63) is 59.4 Å². The van der Waals surface area contributed by atoms with E-state index in [1.807, 2.05) is 0 Å². The summed E-state index contributed by atoms with van der Waals surface area (Å²) in [6, 6.07) is 9.26. The van der Waals surface area contributed by atoms with Gasteiger partial charge in [-0.2, -0.15) is 4.31 Å². The van der Waals surface area contributed by atoms with Crippen molar-refractivity contribution in [1.29, 1.82) is 0 Å². The third kappa shape index (κ3) is 3.58. The van der Waals surface area contributed by atoms with Gasteiger partial charge in [0.25, 0.3) is 5.91 Å². The van der Waals surface area contributed by atoms with Gasteiger partial charge in [0.1, 0.15) is 5.82 Å². The molecule has 2 aromatic carbocycles. The summed E-state index contributed by atoms with van der Waals surface area (Å²) in [5.41, 5.74) is 1.72. The van der Waals surface area contributed by atoms with Gasteiger partial charge >= 0.3 is 0 Å². The zero-order valence-corrected chi connectivity index (χ0v) is 14.6. The second-order valence-electron chi connectivity index (χ2n) is 5.82. The van der Waals surface area contributed by atoms with E-state index in [9.17, 15) is 22.4 Å². The second-order valence-corrected chi connectivity index (χ2v) is 7.86. The Morgan fingerprint density at radius 1 is 1.23 bits per heavy atom. The Bertz CT molecular complexity index is 974. The Kier molecular flexibility index (Phi) is 4.75. The first-order valence-electron chi connectivity index (χ1n) is 7.70. The van der Waals surface area contributed by atoms with Crippen LogP contribution in [-0.4, -0.2) is 38.1 Å². The minimum absolute atomic E-state index is 0.108. The summed E-state index contributed by atoms with van der Waals surface area (Å²) in [6.45, 7) is 0.0179. The van der Waals surface area contributed by atoms with Gasteiger partial charge in [0.05, 0.1) is 11.4 Å². The van der Waals surface area contributed by atoms with Crippen molar-refractivity contribution in [3.8, 4) is 0 Å². The van der Waals surface area contributed by atoms with Crippen molar-refractivity contribution in [1.82, 2.24) is 9.62 Å². The first-order chi connectivity index (χ1) is 12.3. The number of nitrogens with one attached hydrogen (secondary N) is 2. The van der Waals surface area contributed by atoms with Crippen molar-refractivity contribution in [2.24, 2.45) is 0 Å². The molecule has 1 aliphatic heterocycles. The normalized spacial score (nSPS) is 13.4. The van der Waals surface area contributed by atoms with E-state index in [0.29, 0.717) is 17.8 Å². The van der Waals surface area contributed by atoms with Crippen LogP contribution in [0.25, 0.3) is 0 Å². The number of carbonyl (C=O) groups is 2. The number of fused-ring (bicyclic) bond motifs is 1. The molecule has 0 radical (unpaired) electrons. The van der Waals surface area contributed by atoms with Crippen LogP contribution in [0.15, 0.2) is 47.4 Å². The molecular weight excluding hydrogens is 361 g/mol. The van der Waals surface area contributed by atoms with E-state index < -0.39 is 28.3 Å². The molecule has 9 heteroatoms. The van der Waals surface area contributed by atoms with Gasteiger partial charge in [0, 0.05) is 24.8 Å². The third-order valence-electron chi connectivity index (χ3n) is 3.97. The Morgan fingerprint density at radius 2 is 1.92 bits per heavy atom. The fourth-order valence-electron chi connectivity index (χ4n) is 2.56. The van der Waals surface area contributed by atoms with Crippen LogP contribution in [0.4, 0.5) is 10.1 Å². The van der Waals surface area contributed by atoms with Crippen molar-refractivity contribution in [2.45, 2.75) is 11.4 Å². The summed E-state index contributed by atoms with van der Waals surface area (Å²) in [7, 11) is -2.66. The average molecular weight is 377 g/mol. The minimum atomic E-state index is -3.92. The van der Waals surface area contributed by atoms with Crippen LogP contribution in [0.1, 0.15) is 15.9 Å². The molecule has 7 nitrogen and oxygen atoms in total. The highest BCUT2D eigenvalue weighted by atomic mass is 32.2. The average Bonchev–Trinajstić information content (AvgIpc) is 2.96. The van der Waals surface area contributed by atoms with Crippen molar-refractivity contribution >= 4 is 27.5 Å². The van der Waals surface area contributed by atoms with Gasteiger partial charge in [-0.05, 0) is 42.0 Å². The number of halogens is 1. The van der Waals surface area contributed by atoms with E-state index in [-0.39, 0.29) is 10.8 Å². The molecule has 0 unspecified atom stereocenters. The van der Waals surface area contributed by atoms with Gasteiger partial charge in [-0.1, -0.05) is 6.07 Å². The number of carbonyl (C=O) groups excluding carboxylic acids is 2. The molecule has 0 aliphatic carbocycles. The molecule has 2 aromatic rings. The van der Waals surface area contributed by atoms with Crippen LogP contribution in [0.5, 0.6) is 0 Å². The van der Waals surface area contributed by atoms with Crippen LogP contribution < -0.4 is 10.6 Å². The molecule has 0 spiro atoms. The van der Waals surface area contributed by atoms with Crippen LogP contribution in [0.2, 0.25) is 0 Å². The summed E-state index contributed by atoms with van der Waals surface area (Å²) in [5, 5.41) is 5.24. The summed E-state index contributed by atoms with van der Waals surface area (Å²) >= 11 is 0. The van der Waals surface area contributed by atoms with Crippen molar-refractivity contribution in [2.75, 3.05) is 18.9 Å². The fraction of sp³-hybridized carbons (Fsp3) is 0.176. The van der Waals surface area contributed by atoms with Crippen molar-refractivity contribution in [3.63, 3.8) is 0 Å². The lowest BCUT2D eigenvalue weighted by Crippen LogP contribution is -2.35. The fourth-order valence-corrected chi connectivity index (χ4v) is 3.69. The van der Waals surface area contributed by atoms with Gasteiger partial charge in [0.2, 0.25) is 15.9 Å². The zero-order chi connectivity index (χ0) is 18.9. The van der Waals surface area contributed by atoms with E-state index in [4.69, 9.17) is 0 Å². The molecule has 2 N–H and O–H groups in total. The molecule has 26 heavy (non-hydrogen) atoms. The van der Waals surface area contributed by atoms with Gasteiger partial charge in [-0.15, -0.1) is 0 Å². The highest BCUT2D eigenvalue weighted by Gasteiger charge is 2.24. The molecule has 136 valence electrons. The number of benzene rings is 2. The maximum atomic E-state index is 12.9. The number of rotatable bonds is 5. The quantitative estimate of drug-likeness (QED) is 0.822. The Labute approximate surface area is 149 Å². The standard InChI is InChI=1S/C17H16FN3O4S/c1-21(26(24,25)14-6-3-12(18)4-7-14)10-16(22)20-13-5-2-11-9-19-17(23)15(11)8-13/h2-8H,9-10H2,1H3,(H,19,23)(H,20,22). The monoisotopic (exact) mass is 377 g/mol. The summed E-state index contributed by atoms with van der Waals surface area (Å²) in [6.07, 6.45) is 0. The summed E-state index contributed by atoms with van der Waals surface area (Å²) in [4.78, 5) is 23.7. The number of nitrogens with zero attached hydrogens (tertiary/aromatic N) is 1. The van der Waals surface area contributed by atoms with Crippen molar-refractivity contribution < 1.29 is 22.4 Å². The number of hydrogen-bond acceptors (Lipinski definition) is 4. The summed E-state index contributed by atoms with van der Waals surface area (Å²) < 4.78 is 38.6. The Balaban J connectivity index is 1.69. The van der Waals surface area contributed by atoms with E-state index >= 15 is 0 Å². The maximum Gasteiger partial charge on any atom is 0.251 e. The number of likely N-dealkylation sites (N-methyl/N-ethyl adjacent to an activating group) is 1. The summed E-state index contributed by atoms with van der Waals surface area (Å²) in [5.74, 6) is -1.33. The highest BCUT2D eigenvalue weighted by molar-refractivity contribution is 7.89. The largest absolute Gasteiger partial charge is 0.348 e. The predicted molar refractivity (Wildman–Crippen MR) is 92.5 cm³/mol. The molecule has 0 saturated heterocycles. The number of amides is 2. The van der Waals surface area contributed by atoms with Gasteiger partial charge in [-0.25, -0.2) is 12.8 Å². The molecule has 1 heterocycles. The van der Waals surface area contributed by atoms with Crippen LogP contribution in [0.3, 0.4) is 0 Å². The maximum absolute atomic E-state index is 12.9. The van der Waals surface area contributed by atoms with Crippen LogP contribution in [0, 0.1) is 5.82 Å². The molecule has 1 aliphatic rings. The lowest BCUT2D eigenvalue weighted by molar-refractivity contribution is -0.116. The minimum Gasteiger partial charge on any atom is -0.348 e. The lowest BCUT2D eigenvalue weighted by Gasteiger charge is -2.17. The second kappa shape index (κ2) is 6.85. The molecule has 0 aromatic heterocycles. The Hall–Kier alpha value is -2.78. The zero-order valence-electron chi connectivity index (χ0n) is 13.8. The first kappa shape index (κ1) is 18.0. The first-order valence-corrected chi connectivity index (χ1v) is 9.14. The number of hydrogen-bond donors (Lipinski definition) is 2. The molecule has 0 saturated carbocycles. The SMILES string of the molecule is CN(CC(=O)Nc1ccc2c(c1)C(=O)NC2)S(=O)(=O)c1ccc(F)cc1. The smallest absolute Gasteiger partial charge is 0.251 e. The van der Waals surface area contributed by atoms with E-state index in [2.05, 4.69) is 10.6 Å². The predicted octanol–water partition coefficient (Wildman–Crippen LogP) is 1.33. The van der Waals surface area contributed by atoms with E-state index in [1.165, 1.54) is 7.05 Å². The molecule has 0 atom stereocenters. The molecule has 3 rings (SSSR count). The lowest BCUT2D eigenvalue weighted by atomic mass is 10.1. The topological polar surface area (TPSA) is 95.6 Å². The number of anilines is 1. The van der Waals surface area contributed by atoms with Crippen LogP contribution in [-0.2, 0) is 21.4 Å². The van der Waals surface area contributed by atoms with E-state index in [0.717, 1.165) is 34.1 Å². The third-order valence-corrected chi connectivity index (χ3v) is 5.78. The van der Waals surface area contributed by atoms with Gasteiger partial charge in [-0.3, -0.25) is 9.59 Å². The van der Waals surface area contributed by atoms with Gasteiger partial charge < -0.3 is 10.6 Å². The van der Waals surface area contributed by atoms with Crippen LogP contribution >= 0.6 is 0 Å². The molecule has 2 amide bonds. The van der Waals surface area contributed by atoms with Gasteiger partial charge in [0.15, 0.2) is 0 Å². The molecular formula is C17H16FN3O4S. The molecule has 0 fully saturated rings.